The number of benzene rings is 2. The Labute approximate surface area is 131 Å². The Morgan fingerprint density at radius 1 is 0.913 bits per heavy atom. The van der Waals surface area contributed by atoms with Crippen molar-refractivity contribution in [3.63, 3.8) is 0 Å². The molecule has 23 heavy (non-hydrogen) atoms. The molecule has 112 valence electrons. The van der Waals surface area contributed by atoms with Crippen molar-refractivity contribution >= 4 is 29.1 Å². The summed E-state index contributed by atoms with van der Waals surface area (Å²) in [4.78, 5) is 37.4. The van der Waals surface area contributed by atoms with E-state index in [1.807, 2.05) is 0 Å². The number of fused-ring (bicyclic) bond motifs is 1. The van der Waals surface area contributed by atoms with Gasteiger partial charge >= 0.3 is 0 Å². The number of hydrogen-bond donors (Lipinski definition) is 1. The molecule has 0 atom stereocenters. The number of carbonyl (C=O) groups excluding carboxylic acids is 3. The SMILES string of the molecule is O=C1CC(c2cccc(N3C(=O)c4ccccc4C3=O)c2)=NN1. The van der Waals surface area contributed by atoms with Gasteiger partial charge in [0.2, 0.25) is 5.91 Å². The van der Waals surface area contributed by atoms with Gasteiger partial charge in [-0.15, -0.1) is 0 Å². The molecule has 2 heterocycles. The average Bonchev–Trinajstić information content (AvgIpc) is 3.11. The highest BCUT2D eigenvalue weighted by molar-refractivity contribution is 6.34. The number of amides is 3. The van der Waals surface area contributed by atoms with Gasteiger partial charge in [-0.05, 0) is 24.3 Å². The Morgan fingerprint density at radius 3 is 2.22 bits per heavy atom. The minimum atomic E-state index is -0.342. The summed E-state index contributed by atoms with van der Waals surface area (Å²) < 4.78 is 0. The highest BCUT2D eigenvalue weighted by atomic mass is 16.2. The van der Waals surface area contributed by atoms with Gasteiger partial charge in [-0.25, -0.2) is 10.3 Å². The van der Waals surface area contributed by atoms with E-state index in [4.69, 9.17) is 0 Å². The van der Waals surface area contributed by atoms with Crippen LogP contribution in [0, 0.1) is 0 Å². The molecule has 2 aliphatic rings. The van der Waals surface area contributed by atoms with Crippen molar-refractivity contribution in [2.45, 2.75) is 6.42 Å². The molecule has 0 spiro atoms. The summed E-state index contributed by atoms with van der Waals surface area (Å²) in [6, 6.07) is 13.7. The van der Waals surface area contributed by atoms with E-state index in [0.29, 0.717) is 28.1 Å². The summed E-state index contributed by atoms with van der Waals surface area (Å²) in [5.41, 5.74) is 4.96. The molecule has 0 bridgehead atoms. The Bertz CT molecular complexity index is 866. The fourth-order valence-electron chi connectivity index (χ4n) is 2.78. The maximum Gasteiger partial charge on any atom is 0.266 e. The van der Waals surface area contributed by atoms with Crippen molar-refractivity contribution in [1.29, 1.82) is 0 Å². The van der Waals surface area contributed by atoms with Crippen LogP contribution in [0.3, 0.4) is 0 Å². The van der Waals surface area contributed by atoms with Crippen LogP contribution in [-0.2, 0) is 4.79 Å². The predicted molar refractivity (Wildman–Crippen MR) is 83.3 cm³/mol. The summed E-state index contributed by atoms with van der Waals surface area (Å²) in [5, 5.41) is 3.96. The third-order valence-corrected chi connectivity index (χ3v) is 3.88. The van der Waals surface area contributed by atoms with Crippen LogP contribution in [0.2, 0.25) is 0 Å². The van der Waals surface area contributed by atoms with Crippen LogP contribution in [0.1, 0.15) is 32.7 Å². The van der Waals surface area contributed by atoms with Crippen molar-refractivity contribution in [2.75, 3.05) is 4.90 Å². The van der Waals surface area contributed by atoms with Crippen LogP contribution in [0.4, 0.5) is 5.69 Å². The molecule has 0 saturated carbocycles. The molecular weight excluding hydrogens is 294 g/mol. The fraction of sp³-hybridized carbons (Fsp3) is 0.0588. The topological polar surface area (TPSA) is 78.8 Å². The van der Waals surface area contributed by atoms with Gasteiger partial charge in [0.05, 0.1) is 28.9 Å². The molecule has 2 aromatic rings. The normalized spacial score (nSPS) is 16.4. The molecule has 2 aliphatic heterocycles. The number of nitrogens with zero attached hydrogens (tertiary/aromatic N) is 2. The standard InChI is InChI=1S/C17H11N3O3/c21-15-9-14(18-19-15)10-4-3-5-11(8-10)20-16(22)12-6-1-2-7-13(12)17(20)23/h1-8H,9H2,(H,19,21). The molecule has 0 saturated heterocycles. The summed E-state index contributed by atoms with van der Waals surface area (Å²) in [6.07, 6.45) is 0.186. The van der Waals surface area contributed by atoms with E-state index in [2.05, 4.69) is 10.5 Å². The first-order valence-corrected chi connectivity index (χ1v) is 7.09. The van der Waals surface area contributed by atoms with Gasteiger partial charge in [0.25, 0.3) is 11.8 Å². The molecule has 0 unspecified atom stereocenters. The highest BCUT2D eigenvalue weighted by Crippen LogP contribution is 2.29. The van der Waals surface area contributed by atoms with Gasteiger partial charge in [-0.1, -0.05) is 24.3 Å². The van der Waals surface area contributed by atoms with Gasteiger partial charge < -0.3 is 0 Å². The first-order valence-electron chi connectivity index (χ1n) is 7.09. The molecular formula is C17H11N3O3. The molecule has 0 fully saturated rings. The number of hydrazone groups is 1. The molecule has 6 nitrogen and oxygen atoms in total. The molecule has 0 aliphatic carbocycles. The zero-order chi connectivity index (χ0) is 16.0. The second-order valence-electron chi connectivity index (χ2n) is 5.31. The summed E-state index contributed by atoms with van der Waals surface area (Å²) >= 11 is 0. The largest absolute Gasteiger partial charge is 0.273 e. The smallest absolute Gasteiger partial charge is 0.266 e. The second kappa shape index (κ2) is 4.88. The van der Waals surface area contributed by atoms with Gasteiger partial charge in [0.1, 0.15) is 0 Å². The fourth-order valence-corrected chi connectivity index (χ4v) is 2.78. The van der Waals surface area contributed by atoms with Crippen molar-refractivity contribution < 1.29 is 14.4 Å². The molecule has 6 heteroatoms. The average molecular weight is 305 g/mol. The number of carbonyl (C=O) groups is 3. The summed E-state index contributed by atoms with van der Waals surface area (Å²) in [7, 11) is 0. The third-order valence-electron chi connectivity index (χ3n) is 3.88. The zero-order valence-electron chi connectivity index (χ0n) is 11.9. The Balaban J connectivity index is 1.74. The molecule has 4 rings (SSSR count). The van der Waals surface area contributed by atoms with Crippen LogP contribution >= 0.6 is 0 Å². The first-order chi connectivity index (χ1) is 11.1. The Morgan fingerprint density at radius 2 is 1.61 bits per heavy atom. The second-order valence-corrected chi connectivity index (χ2v) is 5.31. The molecule has 2 aromatic carbocycles. The van der Waals surface area contributed by atoms with E-state index < -0.39 is 0 Å². The lowest BCUT2D eigenvalue weighted by atomic mass is 10.1. The minimum absolute atomic E-state index is 0.175. The van der Waals surface area contributed by atoms with Gasteiger partial charge in [0.15, 0.2) is 0 Å². The van der Waals surface area contributed by atoms with Gasteiger partial charge in [-0.3, -0.25) is 14.4 Å². The number of imide groups is 1. The monoisotopic (exact) mass is 305 g/mol. The van der Waals surface area contributed by atoms with Crippen molar-refractivity contribution in [3.8, 4) is 0 Å². The van der Waals surface area contributed by atoms with E-state index >= 15 is 0 Å². The molecule has 3 amide bonds. The van der Waals surface area contributed by atoms with Crippen molar-refractivity contribution in [2.24, 2.45) is 5.10 Å². The third kappa shape index (κ3) is 2.03. The summed E-state index contributed by atoms with van der Waals surface area (Å²) in [5.74, 6) is -0.859. The van der Waals surface area contributed by atoms with E-state index in [0.717, 1.165) is 4.90 Å². The lowest BCUT2D eigenvalue weighted by molar-refractivity contribution is -0.119. The first kappa shape index (κ1) is 13.4. The quantitative estimate of drug-likeness (QED) is 0.858. The highest BCUT2D eigenvalue weighted by Gasteiger charge is 2.36. The van der Waals surface area contributed by atoms with E-state index in [-0.39, 0.29) is 24.1 Å². The van der Waals surface area contributed by atoms with Crippen LogP contribution < -0.4 is 10.3 Å². The molecule has 0 aromatic heterocycles. The maximum atomic E-state index is 12.5. The maximum absolute atomic E-state index is 12.5. The lowest BCUT2D eigenvalue weighted by Crippen LogP contribution is -2.29. The summed E-state index contributed by atoms with van der Waals surface area (Å²) in [6.45, 7) is 0. The van der Waals surface area contributed by atoms with E-state index in [1.165, 1.54) is 0 Å². The van der Waals surface area contributed by atoms with Crippen LogP contribution in [-0.4, -0.2) is 23.4 Å². The van der Waals surface area contributed by atoms with Crippen molar-refractivity contribution in [3.05, 3.63) is 65.2 Å². The van der Waals surface area contributed by atoms with E-state index in [9.17, 15) is 14.4 Å². The molecule has 0 radical (unpaired) electrons. The minimum Gasteiger partial charge on any atom is -0.273 e. The number of nitrogens with one attached hydrogen (secondary N) is 1. The Hall–Kier alpha value is -3.28. The lowest BCUT2D eigenvalue weighted by Gasteiger charge is -2.14. The van der Waals surface area contributed by atoms with Crippen molar-refractivity contribution in [1.82, 2.24) is 5.43 Å². The number of hydrogen-bond acceptors (Lipinski definition) is 4. The number of rotatable bonds is 2. The van der Waals surface area contributed by atoms with Gasteiger partial charge in [0, 0.05) is 5.56 Å². The number of anilines is 1. The molecule has 1 N–H and O–H groups in total. The zero-order valence-corrected chi connectivity index (χ0v) is 11.9. The van der Waals surface area contributed by atoms with Crippen LogP contribution in [0.5, 0.6) is 0 Å². The van der Waals surface area contributed by atoms with Crippen LogP contribution in [0.15, 0.2) is 53.6 Å². The van der Waals surface area contributed by atoms with Crippen LogP contribution in [0.25, 0.3) is 0 Å². The van der Waals surface area contributed by atoms with Gasteiger partial charge in [-0.2, -0.15) is 5.10 Å². The Kier molecular flexibility index (Phi) is 2.84. The van der Waals surface area contributed by atoms with E-state index in [1.54, 1.807) is 48.5 Å². The predicted octanol–water partition coefficient (Wildman–Crippen LogP) is 1.71.